The molecule has 4 rings (SSSR count). The fourth-order valence-electron chi connectivity index (χ4n) is 2.90. The molecule has 0 unspecified atom stereocenters. The molecule has 0 atom stereocenters. The highest BCUT2D eigenvalue weighted by molar-refractivity contribution is 8.18. The fourth-order valence-corrected chi connectivity index (χ4v) is 4.68. The molecule has 0 saturated carbocycles. The van der Waals surface area contributed by atoms with Gasteiger partial charge in [-0.15, -0.1) is 11.3 Å². The molecule has 5 nitrogen and oxygen atoms in total. The minimum absolute atomic E-state index is 0.0741. The Balaban J connectivity index is 1.38. The zero-order valence-electron chi connectivity index (χ0n) is 14.3. The summed E-state index contributed by atoms with van der Waals surface area (Å²) in [5.41, 5.74) is 0.915. The van der Waals surface area contributed by atoms with E-state index in [0.717, 1.165) is 10.4 Å². The number of rotatable bonds is 2. The smallest absolute Gasteiger partial charge is 0.286 e. The SMILES string of the molecule is O=C1N=C(N2CCN(C(=O)c3cccs3)CC2)SC1=Cc1ccc(Cl)cc1. The Morgan fingerprint density at radius 2 is 1.85 bits per heavy atom. The van der Waals surface area contributed by atoms with E-state index in [0.29, 0.717) is 41.3 Å². The number of amides is 2. The van der Waals surface area contributed by atoms with Crippen LogP contribution in [0.25, 0.3) is 6.08 Å². The molecule has 0 N–H and O–H groups in total. The molecule has 2 aliphatic rings. The zero-order valence-corrected chi connectivity index (χ0v) is 16.7. The van der Waals surface area contributed by atoms with E-state index in [1.54, 1.807) is 12.1 Å². The Labute approximate surface area is 170 Å². The van der Waals surface area contributed by atoms with Crippen LogP contribution in [0.15, 0.2) is 51.7 Å². The maximum absolute atomic E-state index is 12.4. The second-order valence-electron chi connectivity index (χ2n) is 6.12. The molecule has 138 valence electrons. The highest BCUT2D eigenvalue weighted by Gasteiger charge is 2.30. The van der Waals surface area contributed by atoms with Crippen LogP contribution in [0.1, 0.15) is 15.2 Å². The third-order valence-electron chi connectivity index (χ3n) is 4.35. The standard InChI is InChI=1S/C19H16ClN3O2S2/c20-14-5-3-13(4-6-14)12-16-17(24)21-19(27-16)23-9-7-22(8-10-23)18(25)15-2-1-11-26-15/h1-6,11-12H,7-10H2. The molecular weight excluding hydrogens is 402 g/mol. The fraction of sp³-hybridized carbons (Fsp3) is 0.211. The predicted molar refractivity (Wildman–Crippen MR) is 111 cm³/mol. The third-order valence-corrected chi connectivity index (χ3v) is 6.50. The maximum Gasteiger partial charge on any atom is 0.286 e. The van der Waals surface area contributed by atoms with Gasteiger partial charge >= 0.3 is 0 Å². The summed E-state index contributed by atoms with van der Waals surface area (Å²) in [6, 6.07) is 11.1. The second-order valence-corrected chi connectivity index (χ2v) is 8.51. The number of halogens is 1. The molecule has 0 bridgehead atoms. The van der Waals surface area contributed by atoms with Gasteiger partial charge in [0.1, 0.15) is 0 Å². The van der Waals surface area contributed by atoms with Gasteiger partial charge in [-0.05, 0) is 47.0 Å². The van der Waals surface area contributed by atoms with Crippen LogP contribution in [0.3, 0.4) is 0 Å². The van der Waals surface area contributed by atoms with E-state index in [2.05, 4.69) is 9.89 Å². The monoisotopic (exact) mass is 417 g/mol. The molecule has 0 spiro atoms. The molecule has 1 fully saturated rings. The van der Waals surface area contributed by atoms with Crippen LogP contribution in [0.4, 0.5) is 0 Å². The van der Waals surface area contributed by atoms with Gasteiger partial charge in [-0.25, -0.2) is 0 Å². The number of piperazine rings is 1. The Morgan fingerprint density at radius 1 is 1.11 bits per heavy atom. The number of benzene rings is 1. The van der Waals surface area contributed by atoms with Gasteiger partial charge < -0.3 is 9.80 Å². The second kappa shape index (κ2) is 7.88. The van der Waals surface area contributed by atoms with E-state index in [1.807, 2.05) is 40.6 Å². The first kappa shape index (κ1) is 18.3. The number of nitrogens with zero attached hydrogens (tertiary/aromatic N) is 3. The third kappa shape index (κ3) is 4.10. The molecule has 1 aromatic carbocycles. The predicted octanol–water partition coefficient (Wildman–Crippen LogP) is 3.83. The Hall–Kier alpha value is -2.09. The van der Waals surface area contributed by atoms with Crippen molar-refractivity contribution in [3.8, 4) is 0 Å². The van der Waals surface area contributed by atoms with Crippen molar-refractivity contribution in [3.05, 3.63) is 62.1 Å². The zero-order chi connectivity index (χ0) is 18.8. The van der Waals surface area contributed by atoms with E-state index in [9.17, 15) is 9.59 Å². The molecular formula is C19H16ClN3O2S2. The lowest BCUT2D eigenvalue weighted by Crippen LogP contribution is -2.49. The van der Waals surface area contributed by atoms with Gasteiger partial charge in [0, 0.05) is 31.2 Å². The number of hydrogen-bond acceptors (Lipinski definition) is 5. The molecule has 0 radical (unpaired) electrons. The van der Waals surface area contributed by atoms with E-state index < -0.39 is 0 Å². The maximum atomic E-state index is 12.4. The van der Waals surface area contributed by atoms with Gasteiger partial charge in [-0.2, -0.15) is 4.99 Å². The highest BCUT2D eigenvalue weighted by atomic mass is 35.5. The quantitative estimate of drug-likeness (QED) is 0.697. The first-order valence-corrected chi connectivity index (χ1v) is 10.5. The molecule has 2 aromatic rings. The van der Waals surface area contributed by atoms with Crippen molar-refractivity contribution in [2.45, 2.75) is 0 Å². The molecule has 2 amide bonds. The van der Waals surface area contributed by atoms with E-state index in [-0.39, 0.29) is 11.8 Å². The number of amidine groups is 1. The summed E-state index contributed by atoms with van der Waals surface area (Å²) in [5.74, 6) is -0.146. The molecule has 1 aromatic heterocycles. The van der Waals surface area contributed by atoms with Crippen LogP contribution in [0.5, 0.6) is 0 Å². The lowest BCUT2D eigenvalue weighted by atomic mass is 10.2. The Morgan fingerprint density at radius 3 is 2.52 bits per heavy atom. The van der Waals surface area contributed by atoms with E-state index in [1.165, 1.54) is 23.1 Å². The largest absolute Gasteiger partial charge is 0.347 e. The van der Waals surface area contributed by atoms with Gasteiger partial charge in [-0.1, -0.05) is 29.8 Å². The summed E-state index contributed by atoms with van der Waals surface area (Å²) in [4.78, 5) is 34.2. The van der Waals surface area contributed by atoms with Gasteiger partial charge in [0.2, 0.25) is 0 Å². The van der Waals surface area contributed by atoms with Crippen molar-refractivity contribution in [1.82, 2.24) is 9.80 Å². The molecule has 3 heterocycles. The number of hydrogen-bond donors (Lipinski definition) is 0. The van der Waals surface area contributed by atoms with Crippen LogP contribution in [-0.4, -0.2) is 53.0 Å². The summed E-state index contributed by atoms with van der Waals surface area (Å²) in [5, 5.41) is 3.28. The summed E-state index contributed by atoms with van der Waals surface area (Å²) >= 11 is 8.74. The molecule has 1 saturated heterocycles. The average molecular weight is 418 g/mol. The average Bonchev–Trinajstić information content (AvgIpc) is 3.34. The molecule has 0 aliphatic carbocycles. The number of carbonyl (C=O) groups is 2. The number of thioether (sulfide) groups is 1. The first-order chi connectivity index (χ1) is 13.1. The topological polar surface area (TPSA) is 53.0 Å². The van der Waals surface area contributed by atoms with Gasteiger partial charge in [-0.3, -0.25) is 9.59 Å². The lowest BCUT2D eigenvalue weighted by Gasteiger charge is -2.35. The first-order valence-electron chi connectivity index (χ1n) is 8.46. The summed E-state index contributed by atoms with van der Waals surface area (Å²) in [6.07, 6.45) is 1.83. The van der Waals surface area contributed by atoms with Crippen molar-refractivity contribution in [2.24, 2.45) is 4.99 Å². The normalized spacial score (nSPS) is 18.9. The van der Waals surface area contributed by atoms with Crippen LogP contribution < -0.4 is 0 Å². The van der Waals surface area contributed by atoms with Crippen LogP contribution >= 0.6 is 34.7 Å². The van der Waals surface area contributed by atoms with Crippen molar-refractivity contribution in [1.29, 1.82) is 0 Å². The van der Waals surface area contributed by atoms with Crippen LogP contribution in [-0.2, 0) is 4.79 Å². The van der Waals surface area contributed by atoms with Crippen LogP contribution in [0, 0.1) is 0 Å². The van der Waals surface area contributed by atoms with E-state index >= 15 is 0 Å². The number of carbonyl (C=O) groups excluding carboxylic acids is 2. The van der Waals surface area contributed by atoms with E-state index in [4.69, 9.17) is 11.6 Å². The van der Waals surface area contributed by atoms with Crippen molar-refractivity contribution in [3.63, 3.8) is 0 Å². The van der Waals surface area contributed by atoms with Crippen molar-refractivity contribution < 1.29 is 9.59 Å². The van der Waals surface area contributed by atoms with Crippen molar-refractivity contribution >= 4 is 57.8 Å². The summed E-state index contributed by atoms with van der Waals surface area (Å²) < 4.78 is 0. The number of thiophene rings is 1. The van der Waals surface area contributed by atoms with Crippen molar-refractivity contribution in [2.75, 3.05) is 26.2 Å². The van der Waals surface area contributed by atoms with Gasteiger partial charge in [0.15, 0.2) is 5.17 Å². The highest BCUT2D eigenvalue weighted by Crippen LogP contribution is 2.31. The Kier molecular flexibility index (Phi) is 5.33. The minimum Gasteiger partial charge on any atom is -0.347 e. The molecule has 27 heavy (non-hydrogen) atoms. The van der Waals surface area contributed by atoms with Crippen LogP contribution in [0.2, 0.25) is 5.02 Å². The number of aliphatic imine (C=N–C) groups is 1. The minimum atomic E-state index is -0.220. The summed E-state index contributed by atoms with van der Waals surface area (Å²) in [6.45, 7) is 2.59. The van der Waals surface area contributed by atoms with Gasteiger partial charge in [0.25, 0.3) is 11.8 Å². The summed E-state index contributed by atoms with van der Waals surface area (Å²) in [7, 11) is 0. The molecule has 2 aliphatic heterocycles. The van der Waals surface area contributed by atoms with Gasteiger partial charge in [0.05, 0.1) is 9.78 Å². The Bertz CT molecular complexity index is 915. The molecule has 8 heteroatoms. The lowest BCUT2D eigenvalue weighted by molar-refractivity contribution is -0.113.